The van der Waals surface area contributed by atoms with Gasteiger partial charge in [0.05, 0.1) is 10.8 Å². The lowest BCUT2D eigenvalue weighted by Gasteiger charge is -2.32. The fraction of sp³-hybridized carbons (Fsp3) is 0.417. The minimum absolute atomic E-state index is 0.0584. The fourth-order valence-electron chi connectivity index (χ4n) is 2.26. The maximum atomic E-state index is 11.1. The van der Waals surface area contributed by atoms with Crippen LogP contribution in [0.2, 0.25) is 0 Å². The van der Waals surface area contributed by atoms with E-state index in [9.17, 15) is 13.2 Å². The number of aliphatic carboxylic acids is 1. The lowest BCUT2D eigenvalue weighted by atomic mass is 9.98. The molecule has 6 nitrogen and oxygen atoms in total. The van der Waals surface area contributed by atoms with Crippen LogP contribution in [-0.2, 0) is 14.8 Å². The second kappa shape index (κ2) is 5.18. The fourth-order valence-corrected chi connectivity index (χ4v) is 2.78. The highest BCUT2D eigenvalue weighted by Gasteiger charge is 2.25. The van der Waals surface area contributed by atoms with Crippen molar-refractivity contribution in [3.8, 4) is 0 Å². The van der Waals surface area contributed by atoms with E-state index in [4.69, 9.17) is 10.2 Å². The number of carboxylic acids is 1. The third-order valence-corrected chi connectivity index (χ3v) is 4.23. The Labute approximate surface area is 111 Å². The summed E-state index contributed by atoms with van der Waals surface area (Å²) in [5, 5.41) is 14.1. The van der Waals surface area contributed by atoms with Gasteiger partial charge in [0, 0.05) is 18.8 Å². The van der Waals surface area contributed by atoms with E-state index >= 15 is 0 Å². The first kappa shape index (κ1) is 13.8. The molecule has 1 atom stereocenters. The van der Waals surface area contributed by atoms with Crippen LogP contribution in [-0.4, -0.2) is 32.6 Å². The molecule has 0 spiro atoms. The van der Waals surface area contributed by atoms with Crippen molar-refractivity contribution in [2.24, 2.45) is 11.1 Å². The van der Waals surface area contributed by atoms with E-state index in [1.54, 1.807) is 12.1 Å². The molecule has 7 heteroatoms. The highest BCUT2D eigenvalue weighted by molar-refractivity contribution is 7.89. The highest BCUT2D eigenvalue weighted by Crippen LogP contribution is 2.24. The zero-order valence-electron chi connectivity index (χ0n) is 10.3. The van der Waals surface area contributed by atoms with Crippen molar-refractivity contribution in [3.63, 3.8) is 0 Å². The molecule has 0 saturated carbocycles. The highest BCUT2D eigenvalue weighted by atomic mass is 32.2. The first-order valence-electron chi connectivity index (χ1n) is 5.98. The SMILES string of the molecule is NS(=O)(=O)c1ccc(N2CCCC(C(=O)O)C2)cc1. The summed E-state index contributed by atoms with van der Waals surface area (Å²) in [6, 6.07) is 6.19. The minimum atomic E-state index is -3.69. The molecule has 1 fully saturated rings. The Balaban J connectivity index is 2.16. The summed E-state index contributed by atoms with van der Waals surface area (Å²) in [6.45, 7) is 1.22. The number of hydrogen-bond donors (Lipinski definition) is 2. The van der Waals surface area contributed by atoms with Gasteiger partial charge in [0.2, 0.25) is 10.0 Å². The van der Waals surface area contributed by atoms with Crippen LogP contribution in [0.3, 0.4) is 0 Å². The van der Waals surface area contributed by atoms with Gasteiger partial charge in [0.1, 0.15) is 0 Å². The van der Waals surface area contributed by atoms with Crippen LogP contribution in [0.5, 0.6) is 0 Å². The van der Waals surface area contributed by atoms with Crippen molar-refractivity contribution in [2.45, 2.75) is 17.7 Å². The van der Waals surface area contributed by atoms with Crippen LogP contribution < -0.4 is 10.0 Å². The number of anilines is 1. The molecule has 1 aliphatic heterocycles. The van der Waals surface area contributed by atoms with Crippen molar-refractivity contribution in [2.75, 3.05) is 18.0 Å². The predicted molar refractivity (Wildman–Crippen MR) is 70.4 cm³/mol. The normalized spacial score (nSPS) is 20.3. The van der Waals surface area contributed by atoms with Crippen molar-refractivity contribution in [3.05, 3.63) is 24.3 Å². The number of benzene rings is 1. The summed E-state index contributed by atoms with van der Waals surface area (Å²) in [7, 11) is -3.69. The Kier molecular flexibility index (Phi) is 3.77. The number of sulfonamides is 1. The third kappa shape index (κ3) is 3.24. The first-order chi connectivity index (χ1) is 8.88. The molecule has 0 aromatic heterocycles. The first-order valence-corrected chi connectivity index (χ1v) is 7.53. The molecule has 1 saturated heterocycles. The van der Waals surface area contributed by atoms with Gasteiger partial charge < -0.3 is 10.0 Å². The molecular weight excluding hydrogens is 268 g/mol. The number of carbonyl (C=O) groups is 1. The number of nitrogens with two attached hydrogens (primary N) is 1. The second-order valence-electron chi connectivity index (χ2n) is 4.66. The van der Waals surface area contributed by atoms with E-state index < -0.39 is 16.0 Å². The number of nitrogens with zero attached hydrogens (tertiary/aromatic N) is 1. The largest absolute Gasteiger partial charge is 0.481 e. The molecule has 104 valence electrons. The second-order valence-corrected chi connectivity index (χ2v) is 6.22. The molecule has 0 bridgehead atoms. The third-order valence-electron chi connectivity index (χ3n) is 3.30. The van der Waals surface area contributed by atoms with Gasteiger partial charge >= 0.3 is 5.97 Å². The van der Waals surface area contributed by atoms with Crippen LogP contribution in [0, 0.1) is 5.92 Å². The Morgan fingerprint density at radius 1 is 1.32 bits per heavy atom. The van der Waals surface area contributed by atoms with Crippen molar-refractivity contribution in [1.82, 2.24) is 0 Å². The minimum Gasteiger partial charge on any atom is -0.481 e. The smallest absolute Gasteiger partial charge is 0.308 e. The van der Waals surface area contributed by atoms with Gasteiger partial charge in [-0.2, -0.15) is 0 Å². The van der Waals surface area contributed by atoms with E-state index in [1.165, 1.54) is 12.1 Å². The molecule has 3 N–H and O–H groups in total. The van der Waals surface area contributed by atoms with E-state index in [-0.39, 0.29) is 10.8 Å². The molecular formula is C12H16N2O4S. The lowest BCUT2D eigenvalue weighted by molar-refractivity contribution is -0.141. The Bertz CT molecular complexity index is 568. The molecule has 1 heterocycles. The summed E-state index contributed by atoms with van der Waals surface area (Å²) in [4.78, 5) is 13.0. The van der Waals surface area contributed by atoms with Crippen LogP contribution >= 0.6 is 0 Å². The maximum absolute atomic E-state index is 11.1. The van der Waals surface area contributed by atoms with E-state index in [0.717, 1.165) is 18.7 Å². The molecule has 0 radical (unpaired) electrons. The van der Waals surface area contributed by atoms with Gasteiger partial charge in [0.25, 0.3) is 0 Å². The molecule has 2 rings (SSSR count). The van der Waals surface area contributed by atoms with Crippen LogP contribution in [0.15, 0.2) is 29.2 Å². The average molecular weight is 284 g/mol. The van der Waals surface area contributed by atoms with E-state index in [2.05, 4.69) is 0 Å². The topological polar surface area (TPSA) is 101 Å². The zero-order chi connectivity index (χ0) is 14.0. The zero-order valence-corrected chi connectivity index (χ0v) is 11.1. The molecule has 0 aliphatic carbocycles. The monoisotopic (exact) mass is 284 g/mol. The van der Waals surface area contributed by atoms with Gasteiger partial charge in [-0.05, 0) is 37.1 Å². The quantitative estimate of drug-likeness (QED) is 0.848. The van der Waals surface area contributed by atoms with Crippen molar-refractivity contribution < 1.29 is 18.3 Å². The van der Waals surface area contributed by atoms with Crippen LogP contribution in [0.1, 0.15) is 12.8 Å². The van der Waals surface area contributed by atoms with Crippen LogP contribution in [0.4, 0.5) is 5.69 Å². The Morgan fingerprint density at radius 2 is 1.95 bits per heavy atom. The lowest BCUT2D eigenvalue weighted by Crippen LogP contribution is -2.38. The summed E-state index contributed by atoms with van der Waals surface area (Å²) in [6.07, 6.45) is 1.50. The molecule has 1 aromatic rings. The van der Waals surface area contributed by atoms with Crippen molar-refractivity contribution in [1.29, 1.82) is 0 Å². The number of carboxylic acid groups (broad SMARTS) is 1. The van der Waals surface area contributed by atoms with Gasteiger partial charge in [-0.15, -0.1) is 0 Å². The Morgan fingerprint density at radius 3 is 2.47 bits per heavy atom. The molecule has 0 amide bonds. The Hall–Kier alpha value is -1.60. The molecule has 1 aromatic carbocycles. The summed E-state index contributed by atoms with van der Waals surface area (Å²) >= 11 is 0. The van der Waals surface area contributed by atoms with Gasteiger partial charge in [-0.3, -0.25) is 4.79 Å². The van der Waals surface area contributed by atoms with Crippen molar-refractivity contribution >= 4 is 21.7 Å². The number of rotatable bonds is 3. The molecule has 1 aliphatic rings. The standard InChI is InChI=1S/C12H16N2O4S/c13-19(17,18)11-5-3-10(4-6-11)14-7-1-2-9(8-14)12(15)16/h3-6,9H,1-2,7-8H2,(H,15,16)(H2,13,17,18). The molecule has 1 unspecified atom stereocenters. The van der Waals surface area contributed by atoms with E-state index in [0.29, 0.717) is 13.0 Å². The van der Waals surface area contributed by atoms with Gasteiger partial charge in [-0.1, -0.05) is 0 Å². The van der Waals surface area contributed by atoms with Gasteiger partial charge in [0.15, 0.2) is 0 Å². The summed E-state index contributed by atoms with van der Waals surface area (Å²) in [5.74, 6) is -1.16. The summed E-state index contributed by atoms with van der Waals surface area (Å²) in [5.41, 5.74) is 0.818. The van der Waals surface area contributed by atoms with Gasteiger partial charge in [-0.25, -0.2) is 13.6 Å². The predicted octanol–water partition coefficient (Wildman–Crippen LogP) is 0.635. The number of primary sulfonamides is 1. The molecule has 19 heavy (non-hydrogen) atoms. The summed E-state index contributed by atoms with van der Waals surface area (Å²) < 4.78 is 22.3. The number of piperidine rings is 1. The van der Waals surface area contributed by atoms with Crippen LogP contribution in [0.25, 0.3) is 0 Å². The van der Waals surface area contributed by atoms with E-state index in [1.807, 2.05) is 4.90 Å². The average Bonchev–Trinajstić information content (AvgIpc) is 2.38. The maximum Gasteiger partial charge on any atom is 0.308 e. The number of hydrogen-bond acceptors (Lipinski definition) is 4.